The lowest BCUT2D eigenvalue weighted by Crippen LogP contribution is -2.49. The zero-order valence-corrected chi connectivity index (χ0v) is 9.83. The minimum Gasteiger partial charge on any atom is -0.329 e. The first kappa shape index (κ1) is 11.3. The summed E-state index contributed by atoms with van der Waals surface area (Å²) in [5.74, 6) is 0.583. The van der Waals surface area contributed by atoms with E-state index in [4.69, 9.17) is 5.73 Å². The Morgan fingerprint density at radius 2 is 2.27 bits per heavy atom. The highest BCUT2D eigenvalue weighted by Crippen LogP contribution is 2.38. The first-order valence-corrected chi connectivity index (χ1v) is 6.96. The van der Waals surface area contributed by atoms with Gasteiger partial charge >= 0.3 is 0 Å². The van der Waals surface area contributed by atoms with Crippen LogP contribution in [0.3, 0.4) is 0 Å². The maximum atomic E-state index is 12.0. The summed E-state index contributed by atoms with van der Waals surface area (Å²) in [6, 6.07) is 0.0478. The fraction of sp³-hybridized carbons (Fsp3) is 1.00. The Hall–Kier alpha value is -0.170. The van der Waals surface area contributed by atoms with Crippen LogP contribution in [0.2, 0.25) is 0 Å². The number of fused-ring (bicyclic) bond motifs is 2. The van der Waals surface area contributed by atoms with Gasteiger partial charge in [0.25, 0.3) is 10.2 Å². The van der Waals surface area contributed by atoms with Gasteiger partial charge in [-0.2, -0.15) is 17.4 Å². The Kier molecular flexibility index (Phi) is 3.03. The molecule has 0 aromatic rings. The molecule has 2 aliphatic rings. The normalized spacial score (nSPS) is 33.5. The highest BCUT2D eigenvalue weighted by molar-refractivity contribution is 7.87. The van der Waals surface area contributed by atoms with Gasteiger partial charge < -0.3 is 5.73 Å². The molecule has 0 amide bonds. The van der Waals surface area contributed by atoms with Gasteiger partial charge in [-0.05, 0) is 32.1 Å². The summed E-state index contributed by atoms with van der Waals surface area (Å²) in [6.07, 6.45) is 3.24. The van der Waals surface area contributed by atoms with E-state index in [2.05, 4.69) is 4.72 Å². The van der Waals surface area contributed by atoms with Gasteiger partial charge in [0.15, 0.2) is 0 Å². The smallest absolute Gasteiger partial charge is 0.279 e. The summed E-state index contributed by atoms with van der Waals surface area (Å²) in [4.78, 5) is 0. The van der Waals surface area contributed by atoms with Gasteiger partial charge in [-0.1, -0.05) is 0 Å². The zero-order chi connectivity index (χ0) is 11.1. The average molecular weight is 233 g/mol. The van der Waals surface area contributed by atoms with Gasteiger partial charge in [-0.15, -0.1) is 0 Å². The van der Waals surface area contributed by atoms with E-state index in [0.717, 1.165) is 12.8 Å². The molecule has 0 aromatic carbocycles. The third-order valence-electron chi connectivity index (χ3n) is 3.37. The maximum Gasteiger partial charge on any atom is 0.279 e. The number of hydrogen-bond donors (Lipinski definition) is 2. The van der Waals surface area contributed by atoms with Gasteiger partial charge in [-0.25, -0.2) is 0 Å². The molecular weight excluding hydrogens is 214 g/mol. The number of piperidine rings is 1. The molecule has 6 heteroatoms. The first-order chi connectivity index (χ1) is 7.03. The number of hydrogen-bond acceptors (Lipinski definition) is 3. The summed E-state index contributed by atoms with van der Waals surface area (Å²) < 4.78 is 28.1. The van der Waals surface area contributed by atoms with E-state index in [-0.39, 0.29) is 12.1 Å². The molecule has 2 rings (SSSR count). The van der Waals surface area contributed by atoms with Crippen LogP contribution in [0, 0.1) is 5.92 Å². The van der Waals surface area contributed by atoms with Crippen LogP contribution in [0.15, 0.2) is 0 Å². The molecule has 2 unspecified atom stereocenters. The molecule has 0 radical (unpaired) electrons. The van der Waals surface area contributed by atoms with Crippen LogP contribution < -0.4 is 10.5 Å². The van der Waals surface area contributed by atoms with Crippen molar-refractivity contribution in [2.24, 2.45) is 11.7 Å². The molecule has 0 aromatic heterocycles. The van der Waals surface area contributed by atoms with Crippen molar-refractivity contribution in [2.45, 2.75) is 38.3 Å². The molecule has 15 heavy (non-hydrogen) atoms. The summed E-state index contributed by atoms with van der Waals surface area (Å²) >= 11 is 0. The predicted octanol–water partition coefficient (Wildman–Crippen LogP) is -0.348. The lowest BCUT2D eigenvalue weighted by molar-refractivity contribution is 0.326. The molecule has 0 spiro atoms. The largest absolute Gasteiger partial charge is 0.329 e. The van der Waals surface area contributed by atoms with Crippen LogP contribution in [0.25, 0.3) is 0 Å². The standard InChI is InChI=1S/C9H19N3O2S/c1-7(5-10)11-15(13,14)12-6-8-2-3-9(12)4-8/h7-9,11H,2-6,10H2,1H3/t7-,8?,9?/m0/s1. The predicted molar refractivity (Wildman–Crippen MR) is 58.4 cm³/mol. The fourth-order valence-corrected chi connectivity index (χ4v) is 4.28. The quantitative estimate of drug-likeness (QED) is 0.697. The van der Waals surface area contributed by atoms with Crippen LogP contribution in [0.4, 0.5) is 0 Å². The summed E-state index contributed by atoms with van der Waals surface area (Å²) in [5, 5.41) is 0. The van der Waals surface area contributed by atoms with Gasteiger partial charge in [-0.3, -0.25) is 0 Å². The van der Waals surface area contributed by atoms with Gasteiger partial charge in [0.2, 0.25) is 0 Å². The van der Waals surface area contributed by atoms with Crippen LogP contribution >= 0.6 is 0 Å². The van der Waals surface area contributed by atoms with E-state index >= 15 is 0 Å². The van der Waals surface area contributed by atoms with Crippen molar-refractivity contribution < 1.29 is 8.42 Å². The number of nitrogens with zero attached hydrogens (tertiary/aromatic N) is 1. The molecule has 3 atom stereocenters. The summed E-state index contributed by atoms with van der Waals surface area (Å²) in [6.45, 7) is 2.81. The Labute approximate surface area is 91.2 Å². The molecule has 1 aliphatic carbocycles. The maximum absolute atomic E-state index is 12.0. The Balaban J connectivity index is 2.03. The minimum absolute atomic E-state index is 0.186. The molecule has 5 nitrogen and oxygen atoms in total. The second kappa shape index (κ2) is 4.01. The lowest BCUT2D eigenvalue weighted by atomic mass is 10.1. The third-order valence-corrected chi connectivity index (χ3v) is 5.14. The third kappa shape index (κ3) is 2.18. The van der Waals surface area contributed by atoms with Crippen molar-refractivity contribution in [1.82, 2.24) is 9.03 Å². The summed E-state index contributed by atoms with van der Waals surface area (Å²) in [7, 11) is -3.30. The summed E-state index contributed by atoms with van der Waals surface area (Å²) in [5.41, 5.74) is 5.41. The van der Waals surface area contributed by atoms with Gasteiger partial charge in [0.05, 0.1) is 0 Å². The molecule has 2 bridgehead atoms. The first-order valence-electron chi connectivity index (χ1n) is 5.52. The fourth-order valence-electron chi connectivity index (χ4n) is 2.54. The molecule has 1 heterocycles. The SMILES string of the molecule is C[C@@H](CN)NS(=O)(=O)N1CC2CCC1C2. The van der Waals surface area contributed by atoms with Crippen LogP contribution in [-0.4, -0.2) is 37.9 Å². The van der Waals surface area contributed by atoms with Crippen molar-refractivity contribution in [3.05, 3.63) is 0 Å². The van der Waals surface area contributed by atoms with Gasteiger partial charge in [0.1, 0.15) is 0 Å². The highest BCUT2D eigenvalue weighted by Gasteiger charge is 2.43. The monoisotopic (exact) mass is 233 g/mol. The van der Waals surface area contributed by atoms with E-state index < -0.39 is 10.2 Å². The van der Waals surface area contributed by atoms with E-state index in [1.54, 1.807) is 11.2 Å². The Bertz CT molecular complexity index is 330. The van der Waals surface area contributed by atoms with Crippen LogP contribution in [0.1, 0.15) is 26.2 Å². The van der Waals surface area contributed by atoms with Crippen molar-refractivity contribution >= 4 is 10.2 Å². The Morgan fingerprint density at radius 1 is 1.53 bits per heavy atom. The zero-order valence-electron chi connectivity index (χ0n) is 9.02. The molecule has 88 valence electrons. The topological polar surface area (TPSA) is 75.4 Å². The van der Waals surface area contributed by atoms with E-state index in [0.29, 0.717) is 19.0 Å². The van der Waals surface area contributed by atoms with Crippen molar-refractivity contribution in [3.63, 3.8) is 0 Å². The average Bonchev–Trinajstić information content (AvgIpc) is 2.77. The van der Waals surface area contributed by atoms with Crippen molar-refractivity contribution in [1.29, 1.82) is 0 Å². The van der Waals surface area contributed by atoms with Crippen LogP contribution in [-0.2, 0) is 10.2 Å². The molecule has 1 aliphatic heterocycles. The number of nitrogens with one attached hydrogen (secondary N) is 1. The number of rotatable bonds is 4. The molecule has 3 N–H and O–H groups in total. The van der Waals surface area contributed by atoms with Crippen LogP contribution in [0.5, 0.6) is 0 Å². The molecule has 2 fully saturated rings. The van der Waals surface area contributed by atoms with E-state index in [1.807, 2.05) is 0 Å². The van der Waals surface area contributed by atoms with Crippen molar-refractivity contribution in [2.75, 3.05) is 13.1 Å². The molecule has 1 saturated heterocycles. The van der Waals surface area contributed by atoms with Crippen molar-refractivity contribution in [3.8, 4) is 0 Å². The van der Waals surface area contributed by atoms with E-state index in [9.17, 15) is 8.42 Å². The minimum atomic E-state index is -3.30. The number of nitrogens with two attached hydrogens (primary N) is 1. The molecule has 1 saturated carbocycles. The Morgan fingerprint density at radius 3 is 2.73 bits per heavy atom. The second-order valence-corrected chi connectivity index (χ2v) is 6.32. The van der Waals surface area contributed by atoms with E-state index in [1.165, 1.54) is 6.42 Å². The van der Waals surface area contributed by atoms with Gasteiger partial charge in [0, 0.05) is 25.2 Å². The lowest BCUT2D eigenvalue weighted by Gasteiger charge is -2.27. The highest BCUT2D eigenvalue weighted by atomic mass is 32.2. The second-order valence-electron chi connectivity index (χ2n) is 4.66. The molecular formula is C9H19N3O2S.